The molecule has 5 atom stereocenters. The van der Waals surface area contributed by atoms with E-state index in [-0.39, 0.29) is 11.3 Å². The minimum atomic E-state index is 0.222. The molecule has 0 unspecified atom stereocenters. The summed E-state index contributed by atoms with van der Waals surface area (Å²) in [6.07, 6.45) is 12.0. The Bertz CT molecular complexity index is 609. The predicted molar refractivity (Wildman–Crippen MR) is 102 cm³/mol. The first-order valence-electron chi connectivity index (χ1n) is 9.18. The lowest BCUT2D eigenvalue weighted by Crippen LogP contribution is -2.49. The first kappa shape index (κ1) is 16.2. The maximum Gasteiger partial charge on any atom is 0.246 e. The zero-order chi connectivity index (χ0) is 16.4. The predicted octanol–water partition coefficient (Wildman–Crippen LogP) is 4.95. The molecular weight excluding hydrogens is 397 g/mol. The fraction of sp³-hybridized carbons (Fsp3) is 0.750. The zero-order valence-corrected chi connectivity index (χ0v) is 16.7. The number of fused-ring (bicyclic) bond motifs is 5. The van der Waals surface area contributed by atoms with Crippen molar-refractivity contribution in [2.45, 2.75) is 52.4 Å². The maximum atomic E-state index is 12.3. The fourth-order valence-corrected chi connectivity index (χ4v) is 7.12. The number of nitrogens with zero attached hydrogens (tertiary/aromatic N) is 1. The number of likely N-dealkylation sites (N-methyl/N-ethyl adjacent to an activating group) is 1. The van der Waals surface area contributed by atoms with E-state index in [2.05, 4.69) is 42.5 Å². The molecule has 2 saturated carbocycles. The van der Waals surface area contributed by atoms with Crippen LogP contribution in [-0.4, -0.2) is 24.4 Å². The van der Waals surface area contributed by atoms with Crippen molar-refractivity contribution in [2.75, 3.05) is 13.6 Å². The number of halogens is 1. The first-order chi connectivity index (χ1) is 10.9. The van der Waals surface area contributed by atoms with Crippen LogP contribution < -0.4 is 0 Å². The molecule has 0 aromatic heterocycles. The van der Waals surface area contributed by atoms with Crippen molar-refractivity contribution in [2.24, 2.45) is 28.6 Å². The second-order valence-electron chi connectivity index (χ2n) is 8.76. The minimum absolute atomic E-state index is 0.222. The third-order valence-electron chi connectivity index (χ3n) is 7.86. The molecule has 2 nitrogen and oxygen atoms in total. The SMILES string of the molecule is CN1CC[C@@]2(C)C(=CC1=O)CC[C@@H]1[C@@H]2CC[C@]2(C)C(I)=CC[C@@H]12. The van der Waals surface area contributed by atoms with Gasteiger partial charge in [-0.25, -0.2) is 0 Å². The largest absolute Gasteiger partial charge is 0.342 e. The Morgan fingerprint density at radius 2 is 1.96 bits per heavy atom. The molecule has 0 aromatic carbocycles. The van der Waals surface area contributed by atoms with Crippen LogP contribution in [0.5, 0.6) is 0 Å². The quantitative estimate of drug-likeness (QED) is 0.503. The van der Waals surface area contributed by atoms with Gasteiger partial charge in [-0.3, -0.25) is 4.79 Å². The van der Waals surface area contributed by atoms with Crippen molar-refractivity contribution in [1.82, 2.24) is 4.90 Å². The molecule has 4 aliphatic rings. The van der Waals surface area contributed by atoms with Crippen molar-refractivity contribution in [3.8, 4) is 0 Å². The molecule has 0 spiro atoms. The highest BCUT2D eigenvalue weighted by molar-refractivity contribution is 14.1. The van der Waals surface area contributed by atoms with E-state index in [0.717, 1.165) is 37.1 Å². The van der Waals surface area contributed by atoms with Gasteiger partial charge in [0.2, 0.25) is 5.91 Å². The number of rotatable bonds is 0. The molecule has 1 amide bonds. The summed E-state index contributed by atoms with van der Waals surface area (Å²) in [5.74, 6) is 2.68. The van der Waals surface area contributed by atoms with Gasteiger partial charge in [-0.15, -0.1) is 0 Å². The van der Waals surface area contributed by atoms with E-state index in [9.17, 15) is 4.79 Å². The van der Waals surface area contributed by atoms with Crippen LogP contribution in [0.25, 0.3) is 0 Å². The van der Waals surface area contributed by atoms with Gasteiger partial charge in [-0.1, -0.05) is 25.5 Å². The fourth-order valence-electron chi connectivity index (χ4n) is 6.19. The Kier molecular flexibility index (Phi) is 3.75. The summed E-state index contributed by atoms with van der Waals surface area (Å²) in [4.78, 5) is 14.2. The molecule has 4 rings (SSSR count). The average molecular weight is 425 g/mol. The van der Waals surface area contributed by atoms with Gasteiger partial charge in [0.15, 0.2) is 0 Å². The van der Waals surface area contributed by atoms with Crippen LogP contribution >= 0.6 is 22.6 Å². The second kappa shape index (κ2) is 5.34. The normalized spacial score (nSPS) is 46.3. The lowest BCUT2D eigenvalue weighted by atomic mass is 9.48. The molecule has 126 valence electrons. The van der Waals surface area contributed by atoms with Gasteiger partial charge in [0, 0.05) is 25.1 Å². The van der Waals surface area contributed by atoms with Gasteiger partial charge in [-0.05, 0) is 87.9 Å². The Morgan fingerprint density at radius 1 is 1.17 bits per heavy atom. The van der Waals surface area contributed by atoms with E-state index < -0.39 is 0 Å². The van der Waals surface area contributed by atoms with E-state index in [0.29, 0.717) is 5.41 Å². The molecule has 1 aliphatic heterocycles. The summed E-state index contributed by atoms with van der Waals surface area (Å²) in [6.45, 7) is 5.89. The Morgan fingerprint density at radius 3 is 2.74 bits per heavy atom. The minimum Gasteiger partial charge on any atom is -0.342 e. The summed E-state index contributed by atoms with van der Waals surface area (Å²) in [5.41, 5.74) is 2.15. The molecule has 3 aliphatic carbocycles. The number of carbonyl (C=O) groups excluding carboxylic acids is 1. The van der Waals surface area contributed by atoms with E-state index >= 15 is 0 Å². The molecule has 2 fully saturated rings. The Balaban J connectivity index is 1.69. The molecule has 0 aromatic rings. The van der Waals surface area contributed by atoms with Crippen LogP contribution in [0.3, 0.4) is 0 Å². The maximum absolute atomic E-state index is 12.3. The third-order valence-corrected chi connectivity index (χ3v) is 9.54. The zero-order valence-electron chi connectivity index (χ0n) is 14.6. The summed E-state index contributed by atoms with van der Waals surface area (Å²) >= 11 is 2.60. The van der Waals surface area contributed by atoms with Gasteiger partial charge in [0.1, 0.15) is 0 Å². The number of hydrogen-bond acceptors (Lipinski definition) is 1. The average Bonchev–Trinajstić information content (AvgIpc) is 2.77. The number of allylic oxidation sites excluding steroid dienone is 3. The van der Waals surface area contributed by atoms with E-state index in [1.54, 1.807) is 3.58 Å². The van der Waals surface area contributed by atoms with Crippen LogP contribution in [-0.2, 0) is 4.79 Å². The van der Waals surface area contributed by atoms with E-state index in [1.807, 2.05) is 18.0 Å². The van der Waals surface area contributed by atoms with Gasteiger partial charge < -0.3 is 4.90 Å². The van der Waals surface area contributed by atoms with Crippen molar-refractivity contribution >= 4 is 28.5 Å². The second-order valence-corrected chi connectivity index (χ2v) is 9.92. The highest BCUT2D eigenvalue weighted by atomic mass is 127. The molecule has 1 heterocycles. The van der Waals surface area contributed by atoms with Crippen LogP contribution in [0.2, 0.25) is 0 Å². The van der Waals surface area contributed by atoms with Gasteiger partial charge in [0.25, 0.3) is 0 Å². The van der Waals surface area contributed by atoms with Gasteiger partial charge >= 0.3 is 0 Å². The third kappa shape index (κ3) is 2.21. The number of amides is 1. The lowest BCUT2D eigenvalue weighted by molar-refractivity contribution is -0.124. The van der Waals surface area contributed by atoms with Gasteiger partial charge in [0.05, 0.1) is 0 Å². The Hall–Kier alpha value is -0.320. The summed E-state index contributed by atoms with van der Waals surface area (Å²) in [5, 5.41) is 0. The summed E-state index contributed by atoms with van der Waals surface area (Å²) in [6, 6.07) is 0. The number of hydrogen-bond donors (Lipinski definition) is 0. The van der Waals surface area contributed by atoms with Crippen molar-refractivity contribution in [3.05, 3.63) is 21.3 Å². The van der Waals surface area contributed by atoms with Crippen molar-refractivity contribution in [3.63, 3.8) is 0 Å². The highest BCUT2D eigenvalue weighted by Crippen LogP contribution is 2.65. The monoisotopic (exact) mass is 425 g/mol. The molecule has 0 N–H and O–H groups in total. The smallest absolute Gasteiger partial charge is 0.246 e. The van der Waals surface area contributed by atoms with Crippen molar-refractivity contribution in [1.29, 1.82) is 0 Å². The van der Waals surface area contributed by atoms with Crippen LogP contribution in [0.15, 0.2) is 21.3 Å². The van der Waals surface area contributed by atoms with E-state index in [4.69, 9.17) is 0 Å². The molecular formula is C20H28INO. The Labute approximate surface area is 153 Å². The summed E-state index contributed by atoms with van der Waals surface area (Å²) in [7, 11) is 1.96. The van der Waals surface area contributed by atoms with Gasteiger partial charge in [-0.2, -0.15) is 0 Å². The van der Waals surface area contributed by atoms with Crippen molar-refractivity contribution < 1.29 is 4.79 Å². The molecule has 0 saturated heterocycles. The van der Waals surface area contributed by atoms with Crippen LogP contribution in [0, 0.1) is 28.6 Å². The topological polar surface area (TPSA) is 20.3 Å². The molecule has 23 heavy (non-hydrogen) atoms. The lowest BCUT2D eigenvalue weighted by Gasteiger charge is -2.56. The standard InChI is InChI=1S/C20H28INO/c1-19-10-11-22(3)18(23)12-13(19)4-5-14-15-6-7-17(21)20(15,2)9-8-16(14)19/h7,12,14-16H,4-6,8-11H2,1-3H3/t14-,15-,16-,19-,20-/m0/s1. The van der Waals surface area contributed by atoms with E-state index in [1.165, 1.54) is 31.3 Å². The molecule has 3 heteroatoms. The highest BCUT2D eigenvalue weighted by Gasteiger charge is 2.56. The van der Waals surface area contributed by atoms with Crippen LogP contribution in [0.1, 0.15) is 52.4 Å². The summed E-state index contributed by atoms with van der Waals surface area (Å²) < 4.78 is 1.61. The molecule has 0 bridgehead atoms. The number of carbonyl (C=O) groups is 1. The van der Waals surface area contributed by atoms with Crippen LogP contribution in [0.4, 0.5) is 0 Å². The molecule has 0 radical (unpaired) electrons. The first-order valence-corrected chi connectivity index (χ1v) is 10.3.